The molecule has 1 rings (SSSR count). The lowest BCUT2D eigenvalue weighted by molar-refractivity contribution is 0.102. The predicted molar refractivity (Wildman–Crippen MR) is 59.0 cm³/mol. The minimum atomic E-state index is 0.0439. The van der Waals surface area contributed by atoms with E-state index in [4.69, 9.17) is 11.6 Å². The molecule has 0 heterocycles. The van der Waals surface area contributed by atoms with Crippen molar-refractivity contribution in [2.75, 3.05) is 5.33 Å². The number of carbonyl (C=O) groups is 1. The second-order valence-electron chi connectivity index (χ2n) is 2.68. The number of hydrogen-bond acceptors (Lipinski definition) is 1. The van der Waals surface area contributed by atoms with Gasteiger partial charge in [0.1, 0.15) is 0 Å². The summed E-state index contributed by atoms with van der Waals surface area (Å²) in [4.78, 5) is 11.5. The molecule has 0 amide bonds. The third-order valence-corrected chi connectivity index (χ3v) is 2.71. The van der Waals surface area contributed by atoms with Gasteiger partial charge >= 0.3 is 0 Å². The topological polar surface area (TPSA) is 17.1 Å². The van der Waals surface area contributed by atoms with Gasteiger partial charge in [0.05, 0.1) is 10.4 Å². The lowest BCUT2D eigenvalue weighted by Crippen LogP contribution is -2.05. The van der Waals surface area contributed by atoms with E-state index < -0.39 is 0 Å². The molecule has 0 spiro atoms. The van der Waals surface area contributed by atoms with E-state index in [1.165, 1.54) is 0 Å². The number of carbonyl (C=O) groups excluding carboxylic acids is 1. The smallest absolute Gasteiger partial charge is 0.175 e. The van der Waals surface area contributed by atoms with Gasteiger partial charge in [-0.2, -0.15) is 0 Å². The Morgan fingerprint density at radius 1 is 1.54 bits per heavy atom. The summed E-state index contributed by atoms with van der Waals surface area (Å²) in [6.45, 7) is 2.01. The van der Waals surface area contributed by atoms with E-state index in [1.807, 2.05) is 19.1 Å². The molecule has 1 nitrogen and oxygen atoms in total. The highest BCUT2D eigenvalue weighted by Gasteiger charge is 2.12. The molecule has 13 heavy (non-hydrogen) atoms. The molecule has 0 saturated carbocycles. The van der Waals surface area contributed by atoms with Crippen LogP contribution in [0.4, 0.5) is 0 Å². The van der Waals surface area contributed by atoms with Crippen LogP contribution in [0.3, 0.4) is 0 Å². The molecule has 0 aliphatic carbocycles. The summed E-state index contributed by atoms with van der Waals surface area (Å²) in [5.74, 6) is 0.0439. The summed E-state index contributed by atoms with van der Waals surface area (Å²) in [6, 6.07) is 5.55. The molecular weight excluding hydrogens is 251 g/mol. The van der Waals surface area contributed by atoms with Gasteiger partial charge < -0.3 is 0 Å². The number of Topliss-reactive ketones (excluding diaryl/α,β-unsaturated/α-hetero) is 1. The van der Waals surface area contributed by atoms with Gasteiger partial charge in [0.25, 0.3) is 0 Å². The van der Waals surface area contributed by atoms with Crippen molar-refractivity contribution in [1.29, 1.82) is 0 Å². The van der Waals surface area contributed by atoms with Gasteiger partial charge in [-0.15, -0.1) is 0 Å². The average molecular weight is 262 g/mol. The molecule has 0 aliphatic heterocycles. The van der Waals surface area contributed by atoms with Crippen LogP contribution in [0.1, 0.15) is 22.8 Å². The molecule has 1 aromatic rings. The van der Waals surface area contributed by atoms with Crippen LogP contribution in [0.2, 0.25) is 5.02 Å². The minimum absolute atomic E-state index is 0.0439. The van der Waals surface area contributed by atoms with Gasteiger partial charge in [0, 0.05) is 5.56 Å². The second-order valence-corrected chi connectivity index (χ2v) is 3.65. The van der Waals surface area contributed by atoms with E-state index in [0.29, 0.717) is 15.9 Å². The van der Waals surface area contributed by atoms with Crippen LogP contribution in [-0.2, 0) is 6.42 Å². The molecular formula is C10H10BrClO. The van der Waals surface area contributed by atoms with Crippen LogP contribution < -0.4 is 0 Å². The van der Waals surface area contributed by atoms with E-state index in [1.54, 1.807) is 6.07 Å². The van der Waals surface area contributed by atoms with E-state index in [-0.39, 0.29) is 5.78 Å². The Morgan fingerprint density at radius 2 is 2.23 bits per heavy atom. The number of halogens is 2. The first kappa shape index (κ1) is 10.7. The minimum Gasteiger partial charge on any atom is -0.293 e. The molecule has 0 saturated heterocycles. The normalized spacial score (nSPS) is 10.1. The molecule has 1 aromatic carbocycles. The first-order chi connectivity index (χ1) is 6.20. The van der Waals surface area contributed by atoms with E-state index in [9.17, 15) is 4.79 Å². The molecule has 0 bridgehead atoms. The lowest BCUT2D eigenvalue weighted by Gasteiger charge is -2.06. The first-order valence-electron chi connectivity index (χ1n) is 4.07. The van der Waals surface area contributed by atoms with Gasteiger partial charge in [-0.05, 0) is 18.1 Å². The van der Waals surface area contributed by atoms with E-state index >= 15 is 0 Å². The first-order valence-corrected chi connectivity index (χ1v) is 5.57. The molecule has 3 heteroatoms. The fourth-order valence-corrected chi connectivity index (χ4v) is 1.82. The SMILES string of the molecule is CCc1cccc(Cl)c1C(=O)CBr. The summed E-state index contributed by atoms with van der Waals surface area (Å²) in [6.07, 6.45) is 0.828. The maximum absolute atomic E-state index is 11.5. The Morgan fingerprint density at radius 3 is 2.77 bits per heavy atom. The van der Waals surface area contributed by atoms with Crippen LogP contribution in [0.25, 0.3) is 0 Å². The lowest BCUT2D eigenvalue weighted by atomic mass is 10.0. The molecule has 0 aromatic heterocycles. The Kier molecular flexibility index (Phi) is 3.94. The third-order valence-electron chi connectivity index (χ3n) is 1.88. The van der Waals surface area contributed by atoms with Gasteiger partial charge in [0.15, 0.2) is 5.78 Å². The molecule has 0 atom stereocenters. The van der Waals surface area contributed by atoms with Crippen LogP contribution in [0.15, 0.2) is 18.2 Å². The maximum Gasteiger partial charge on any atom is 0.175 e. The van der Waals surface area contributed by atoms with Crippen molar-refractivity contribution in [3.05, 3.63) is 34.3 Å². The number of ketones is 1. The van der Waals surface area contributed by atoms with Crippen LogP contribution in [-0.4, -0.2) is 11.1 Å². The van der Waals surface area contributed by atoms with Gasteiger partial charge in [-0.1, -0.05) is 46.6 Å². The molecule has 0 unspecified atom stereocenters. The zero-order valence-electron chi connectivity index (χ0n) is 7.31. The van der Waals surface area contributed by atoms with Crippen molar-refractivity contribution in [2.45, 2.75) is 13.3 Å². The number of alkyl halides is 1. The average Bonchev–Trinajstić information content (AvgIpc) is 2.16. The summed E-state index contributed by atoms with van der Waals surface area (Å²) in [5.41, 5.74) is 1.67. The standard InChI is InChI=1S/C10H10BrClO/c1-2-7-4-3-5-8(12)10(7)9(13)6-11/h3-5H,2,6H2,1H3. The van der Waals surface area contributed by atoms with Crippen molar-refractivity contribution in [2.24, 2.45) is 0 Å². The number of aryl methyl sites for hydroxylation is 1. The van der Waals surface area contributed by atoms with Gasteiger partial charge in [-0.3, -0.25) is 4.79 Å². The summed E-state index contributed by atoms with van der Waals surface area (Å²) in [5, 5.41) is 0.868. The number of rotatable bonds is 3. The highest BCUT2D eigenvalue weighted by Crippen LogP contribution is 2.21. The quantitative estimate of drug-likeness (QED) is 0.601. The number of hydrogen-bond donors (Lipinski definition) is 0. The Labute approximate surface area is 91.2 Å². The van der Waals surface area contributed by atoms with Crippen LogP contribution in [0.5, 0.6) is 0 Å². The molecule has 0 aliphatic rings. The van der Waals surface area contributed by atoms with E-state index in [0.717, 1.165) is 12.0 Å². The fourth-order valence-electron chi connectivity index (χ4n) is 1.24. The van der Waals surface area contributed by atoms with Crippen molar-refractivity contribution < 1.29 is 4.79 Å². The molecule has 0 radical (unpaired) electrons. The largest absolute Gasteiger partial charge is 0.293 e. The van der Waals surface area contributed by atoms with E-state index in [2.05, 4.69) is 15.9 Å². The summed E-state index contributed by atoms with van der Waals surface area (Å²) >= 11 is 9.08. The highest BCUT2D eigenvalue weighted by atomic mass is 79.9. The Hall–Kier alpha value is -0.340. The van der Waals surface area contributed by atoms with Crippen molar-refractivity contribution in [1.82, 2.24) is 0 Å². The molecule has 0 N–H and O–H groups in total. The van der Waals surface area contributed by atoms with Crippen molar-refractivity contribution in [3.63, 3.8) is 0 Å². The zero-order valence-corrected chi connectivity index (χ0v) is 9.65. The van der Waals surface area contributed by atoms with Crippen molar-refractivity contribution >= 4 is 33.3 Å². The third kappa shape index (κ3) is 2.32. The van der Waals surface area contributed by atoms with Crippen molar-refractivity contribution in [3.8, 4) is 0 Å². The second kappa shape index (κ2) is 4.77. The van der Waals surface area contributed by atoms with Gasteiger partial charge in [-0.25, -0.2) is 0 Å². The molecule has 70 valence electrons. The summed E-state index contributed by atoms with van der Waals surface area (Å²) in [7, 11) is 0. The van der Waals surface area contributed by atoms with Crippen LogP contribution in [0, 0.1) is 0 Å². The number of benzene rings is 1. The Balaban J connectivity index is 3.22. The predicted octanol–water partition coefficient (Wildman–Crippen LogP) is 3.48. The molecule has 0 fully saturated rings. The zero-order chi connectivity index (χ0) is 9.84. The fraction of sp³-hybridized carbons (Fsp3) is 0.300. The van der Waals surface area contributed by atoms with Gasteiger partial charge in [0.2, 0.25) is 0 Å². The monoisotopic (exact) mass is 260 g/mol. The Bertz CT molecular complexity index is 323. The highest BCUT2D eigenvalue weighted by molar-refractivity contribution is 9.09. The van der Waals surface area contributed by atoms with Crippen LogP contribution >= 0.6 is 27.5 Å². The summed E-state index contributed by atoms with van der Waals surface area (Å²) < 4.78 is 0. The maximum atomic E-state index is 11.5.